The second-order valence-electron chi connectivity index (χ2n) is 5.33. The van der Waals surface area contributed by atoms with Crippen molar-refractivity contribution >= 4 is 6.21 Å². The van der Waals surface area contributed by atoms with Crippen LogP contribution in [-0.2, 0) is 0 Å². The van der Waals surface area contributed by atoms with Gasteiger partial charge in [-0.15, -0.1) is 0 Å². The number of hydrazone groups is 1. The summed E-state index contributed by atoms with van der Waals surface area (Å²) in [7, 11) is 0. The van der Waals surface area contributed by atoms with Gasteiger partial charge in [-0.05, 0) is 25.0 Å². The van der Waals surface area contributed by atoms with Crippen molar-refractivity contribution in [2.75, 3.05) is 6.54 Å². The van der Waals surface area contributed by atoms with E-state index in [2.05, 4.69) is 44.0 Å². The number of hydrogen-bond acceptors (Lipinski definition) is 6. The highest BCUT2D eigenvalue weighted by Crippen LogP contribution is 2.39. The second-order valence-corrected chi connectivity index (χ2v) is 5.33. The molecule has 0 spiro atoms. The Kier molecular flexibility index (Phi) is 1.64. The molecule has 0 amide bonds. The molecule has 96 valence electrons. The molecule has 0 aromatic rings. The number of fused-ring (bicyclic) bond motifs is 1. The molecule has 2 fully saturated rings. The van der Waals surface area contributed by atoms with E-state index in [-0.39, 0.29) is 0 Å². The van der Waals surface area contributed by atoms with Crippen LogP contribution < -0.4 is 21.7 Å². The number of nitrogens with zero attached hydrogens (tertiary/aromatic N) is 2. The molecule has 6 nitrogen and oxygen atoms in total. The summed E-state index contributed by atoms with van der Waals surface area (Å²) in [5.41, 5.74) is 20.1. The van der Waals surface area contributed by atoms with Crippen molar-refractivity contribution in [1.82, 2.24) is 26.7 Å². The summed E-state index contributed by atoms with van der Waals surface area (Å²) in [5, 5.41) is 6.47. The Balaban J connectivity index is 1.71. The van der Waals surface area contributed by atoms with Crippen molar-refractivity contribution in [3.8, 4) is 0 Å². The lowest BCUT2D eigenvalue weighted by atomic mass is 10.0. The van der Waals surface area contributed by atoms with E-state index in [4.69, 9.17) is 0 Å². The number of rotatable bonds is 1. The maximum absolute atomic E-state index is 4.16. The lowest BCUT2D eigenvalue weighted by Gasteiger charge is -2.18. The van der Waals surface area contributed by atoms with E-state index in [9.17, 15) is 0 Å². The van der Waals surface area contributed by atoms with Gasteiger partial charge in [-0.25, -0.2) is 5.43 Å². The van der Waals surface area contributed by atoms with Crippen LogP contribution in [0.2, 0.25) is 0 Å². The molecule has 4 N–H and O–H groups in total. The third-order valence-electron chi connectivity index (χ3n) is 4.11. The highest BCUT2D eigenvalue weighted by molar-refractivity contribution is 5.85. The van der Waals surface area contributed by atoms with Crippen molar-refractivity contribution in [2.24, 2.45) is 5.10 Å². The third-order valence-corrected chi connectivity index (χ3v) is 4.11. The van der Waals surface area contributed by atoms with E-state index in [0.717, 1.165) is 17.9 Å². The smallest absolute Gasteiger partial charge is 0.0855 e. The molecular formula is C13H14N6. The highest BCUT2D eigenvalue weighted by atomic mass is 15.6. The van der Waals surface area contributed by atoms with Gasteiger partial charge in [0, 0.05) is 18.2 Å². The van der Waals surface area contributed by atoms with Crippen LogP contribution in [0.25, 0.3) is 0 Å². The van der Waals surface area contributed by atoms with Gasteiger partial charge in [0.15, 0.2) is 0 Å². The molecule has 0 aromatic carbocycles. The average Bonchev–Trinajstić information content (AvgIpc) is 3.09. The number of allylic oxidation sites excluding steroid dienone is 3. The van der Waals surface area contributed by atoms with E-state index in [1.165, 1.54) is 35.4 Å². The van der Waals surface area contributed by atoms with Crippen molar-refractivity contribution < 1.29 is 0 Å². The summed E-state index contributed by atoms with van der Waals surface area (Å²) in [5.74, 6) is 0. The van der Waals surface area contributed by atoms with Gasteiger partial charge in [-0.2, -0.15) is 5.10 Å². The predicted octanol–water partition coefficient (Wildman–Crippen LogP) is -0.0446. The summed E-state index contributed by atoms with van der Waals surface area (Å²) in [4.78, 5) is 0. The SMILES string of the molecule is C1=NNC2=CC=C3C(=C4NNC1=C24)CNN3C1CC1. The third kappa shape index (κ3) is 1.21. The van der Waals surface area contributed by atoms with Crippen molar-refractivity contribution in [2.45, 2.75) is 18.9 Å². The fourth-order valence-electron chi connectivity index (χ4n) is 3.04. The zero-order valence-electron chi connectivity index (χ0n) is 10.3. The zero-order chi connectivity index (χ0) is 12.4. The maximum Gasteiger partial charge on any atom is 0.0855 e. The molecule has 3 aliphatic heterocycles. The Morgan fingerprint density at radius 2 is 2.16 bits per heavy atom. The minimum atomic E-state index is 0.662. The Labute approximate surface area is 110 Å². The van der Waals surface area contributed by atoms with Crippen LogP contribution in [0.3, 0.4) is 0 Å². The van der Waals surface area contributed by atoms with Crippen LogP contribution in [-0.4, -0.2) is 23.8 Å². The van der Waals surface area contributed by atoms with Gasteiger partial charge in [0.25, 0.3) is 0 Å². The zero-order valence-corrected chi connectivity index (χ0v) is 10.3. The van der Waals surface area contributed by atoms with Gasteiger partial charge < -0.3 is 5.01 Å². The van der Waals surface area contributed by atoms with Crippen LogP contribution in [0, 0.1) is 0 Å². The highest BCUT2D eigenvalue weighted by Gasteiger charge is 2.39. The second kappa shape index (κ2) is 3.21. The number of hydrogen-bond donors (Lipinski definition) is 4. The standard InChI is InChI=1S/C13H14N6/c1-2-7(1)19-11-4-3-9-12-10(6-14-16-9)17-18-13(12)8(11)5-15-19/h3-4,6-7,15-18H,1-2,5H2. The lowest BCUT2D eigenvalue weighted by molar-refractivity contribution is 0.287. The average molecular weight is 254 g/mol. The van der Waals surface area contributed by atoms with Crippen LogP contribution in [0.5, 0.6) is 0 Å². The fourth-order valence-corrected chi connectivity index (χ4v) is 3.04. The Morgan fingerprint density at radius 3 is 3.05 bits per heavy atom. The summed E-state index contributed by atoms with van der Waals surface area (Å²) in [6.07, 6.45) is 8.69. The molecule has 0 radical (unpaired) electrons. The van der Waals surface area contributed by atoms with Gasteiger partial charge in [-0.3, -0.25) is 16.3 Å². The normalized spacial score (nSPS) is 27.1. The predicted molar refractivity (Wildman–Crippen MR) is 71.0 cm³/mol. The lowest BCUT2D eigenvalue weighted by Crippen LogP contribution is -2.31. The van der Waals surface area contributed by atoms with E-state index in [1.807, 2.05) is 6.21 Å². The van der Waals surface area contributed by atoms with Gasteiger partial charge in [0.1, 0.15) is 0 Å². The number of hydrazine groups is 2. The van der Waals surface area contributed by atoms with Crippen molar-refractivity contribution in [3.05, 3.63) is 46.1 Å². The molecule has 0 bridgehead atoms. The van der Waals surface area contributed by atoms with Crippen LogP contribution in [0.15, 0.2) is 51.2 Å². The first-order valence-electron chi connectivity index (χ1n) is 6.66. The molecule has 5 aliphatic rings. The van der Waals surface area contributed by atoms with Gasteiger partial charge >= 0.3 is 0 Å². The van der Waals surface area contributed by atoms with E-state index >= 15 is 0 Å². The van der Waals surface area contributed by atoms with Crippen LogP contribution in [0.1, 0.15) is 12.8 Å². The summed E-state index contributed by atoms with van der Waals surface area (Å²) < 4.78 is 0. The molecule has 1 saturated heterocycles. The Morgan fingerprint density at radius 1 is 1.21 bits per heavy atom. The van der Waals surface area contributed by atoms with E-state index in [1.54, 1.807) is 0 Å². The molecule has 3 heterocycles. The number of nitrogens with one attached hydrogen (secondary N) is 4. The molecular weight excluding hydrogens is 240 g/mol. The molecule has 19 heavy (non-hydrogen) atoms. The first kappa shape index (κ1) is 9.69. The largest absolute Gasteiger partial charge is 0.305 e. The van der Waals surface area contributed by atoms with Gasteiger partial charge in [-0.1, -0.05) is 0 Å². The van der Waals surface area contributed by atoms with Gasteiger partial charge in [0.05, 0.1) is 34.6 Å². The van der Waals surface area contributed by atoms with Crippen molar-refractivity contribution in [3.63, 3.8) is 0 Å². The molecule has 1 saturated carbocycles. The minimum absolute atomic E-state index is 0.662. The Bertz CT molecular complexity index is 632. The topological polar surface area (TPSA) is 63.7 Å². The minimum Gasteiger partial charge on any atom is -0.305 e. The molecule has 0 aromatic heterocycles. The monoisotopic (exact) mass is 254 g/mol. The maximum atomic E-state index is 4.16. The first-order valence-corrected chi connectivity index (χ1v) is 6.66. The van der Waals surface area contributed by atoms with E-state index < -0.39 is 0 Å². The molecule has 5 rings (SSSR count). The molecule has 2 aliphatic carbocycles. The fraction of sp³-hybridized carbons (Fsp3) is 0.308. The molecule has 0 atom stereocenters. The summed E-state index contributed by atoms with van der Waals surface area (Å²) in [6, 6.07) is 0.662. The molecule has 0 unspecified atom stereocenters. The van der Waals surface area contributed by atoms with Gasteiger partial charge in [0.2, 0.25) is 0 Å². The van der Waals surface area contributed by atoms with Crippen LogP contribution in [0.4, 0.5) is 0 Å². The quantitative estimate of drug-likeness (QED) is 0.529. The molecule has 6 heteroatoms. The summed E-state index contributed by atoms with van der Waals surface area (Å²) in [6.45, 7) is 0.876. The Hall–Kier alpha value is -2.21. The summed E-state index contributed by atoms with van der Waals surface area (Å²) >= 11 is 0. The van der Waals surface area contributed by atoms with E-state index in [0.29, 0.717) is 6.04 Å². The van der Waals surface area contributed by atoms with Crippen LogP contribution >= 0.6 is 0 Å². The first-order chi connectivity index (χ1) is 9.42. The van der Waals surface area contributed by atoms with Crippen molar-refractivity contribution in [1.29, 1.82) is 0 Å².